The van der Waals surface area contributed by atoms with Crippen molar-refractivity contribution >= 4 is 11.6 Å². The third-order valence-electron chi connectivity index (χ3n) is 3.73. The Bertz CT molecular complexity index is 501. The number of ether oxygens (including phenoxy) is 2. The van der Waals surface area contributed by atoms with Crippen LogP contribution < -0.4 is 10.1 Å². The fourth-order valence-electron chi connectivity index (χ4n) is 2.42. The molecule has 4 nitrogen and oxygen atoms in total. The van der Waals surface area contributed by atoms with Crippen molar-refractivity contribution in [1.82, 2.24) is 0 Å². The van der Waals surface area contributed by atoms with E-state index in [1.54, 1.807) is 0 Å². The first-order chi connectivity index (χ1) is 11.0. The van der Waals surface area contributed by atoms with Crippen LogP contribution in [0.15, 0.2) is 18.2 Å². The van der Waals surface area contributed by atoms with Crippen LogP contribution in [0.3, 0.4) is 0 Å². The lowest BCUT2D eigenvalue weighted by molar-refractivity contribution is -0.140. The Labute approximate surface area is 140 Å². The lowest BCUT2D eigenvalue weighted by atomic mass is 9.98. The van der Waals surface area contributed by atoms with E-state index in [2.05, 4.69) is 19.2 Å². The van der Waals surface area contributed by atoms with Gasteiger partial charge in [0.25, 0.3) is 5.91 Å². The van der Waals surface area contributed by atoms with Crippen LogP contribution in [0.5, 0.6) is 5.75 Å². The van der Waals surface area contributed by atoms with Gasteiger partial charge < -0.3 is 14.8 Å². The van der Waals surface area contributed by atoms with Gasteiger partial charge in [-0.15, -0.1) is 0 Å². The van der Waals surface area contributed by atoms with E-state index in [9.17, 15) is 4.79 Å². The molecular weight excluding hydrogens is 290 g/mol. The van der Waals surface area contributed by atoms with E-state index in [-0.39, 0.29) is 5.91 Å². The smallest absolute Gasteiger partial charge is 0.256 e. The second-order valence-electron chi connectivity index (χ2n) is 6.11. The molecule has 1 rings (SSSR count). The molecule has 1 aromatic rings. The van der Waals surface area contributed by atoms with Gasteiger partial charge in [0.05, 0.1) is 6.61 Å². The van der Waals surface area contributed by atoms with Crippen LogP contribution in [0.25, 0.3) is 0 Å². The summed E-state index contributed by atoms with van der Waals surface area (Å²) >= 11 is 0. The summed E-state index contributed by atoms with van der Waals surface area (Å²) in [6.07, 6.45) is 3.48. The van der Waals surface area contributed by atoms with Crippen molar-refractivity contribution in [3.05, 3.63) is 23.8 Å². The van der Waals surface area contributed by atoms with Crippen molar-refractivity contribution in [2.45, 2.75) is 65.9 Å². The van der Waals surface area contributed by atoms with E-state index in [4.69, 9.17) is 9.47 Å². The molecule has 1 atom stereocenters. The highest BCUT2D eigenvalue weighted by Crippen LogP contribution is 2.25. The minimum atomic E-state index is -0.782. The standard InChI is InChI=1S/C19H31NO3/c1-6-11-19(5,23-13-8-3)18(21)20-16-9-10-17(15(4)14-16)22-12-7-2/h9-10,14H,6-8,11-13H2,1-5H3,(H,20,21). The van der Waals surface area contributed by atoms with Gasteiger partial charge in [-0.2, -0.15) is 0 Å². The Morgan fingerprint density at radius 1 is 1.13 bits per heavy atom. The topological polar surface area (TPSA) is 47.6 Å². The van der Waals surface area contributed by atoms with Gasteiger partial charge in [-0.1, -0.05) is 27.2 Å². The van der Waals surface area contributed by atoms with Gasteiger partial charge in [-0.25, -0.2) is 0 Å². The van der Waals surface area contributed by atoms with Crippen LogP contribution in [0.1, 0.15) is 58.9 Å². The molecule has 0 fully saturated rings. The summed E-state index contributed by atoms with van der Waals surface area (Å²) in [6, 6.07) is 5.72. The zero-order valence-electron chi connectivity index (χ0n) is 15.2. The van der Waals surface area contributed by atoms with E-state index in [1.165, 1.54) is 0 Å². The SMILES string of the molecule is CCCOc1ccc(NC(=O)C(C)(CCC)OCCC)cc1C. The van der Waals surface area contributed by atoms with Crippen molar-refractivity contribution in [2.75, 3.05) is 18.5 Å². The number of benzene rings is 1. The highest BCUT2D eigenvalue weighted by Gasteiger charge is 2.33. The summed E-state index contributed by atoms with van der Waals surface area (Å²) in [4.78, 5) is 12.6. The van der Waals surface area contributed by atoms with Crippen LogP contribution >= 0.6 is 0 Å². The van der Waals surface area contributed by atoms with Crippen molar-refractivity contribution in [3.8, 4) is 5.75 Å². The first kappa shape index (κ1) is 19.5. The van der Waals surface area contributed by atoms with Crippen LogP contribution in [0.2, 0.25) is 0 Å². The quantitative estimate of drug-likeness (QED) is 0.679. The molecule has 0 radical (unpaired) electrons. The minimum Gasteiger partial charge on any atom is -0.493 e. The third-order valence-corrected chi connectivity index (χ3v) is 3.73. The van der Waals surface area contributed by atoms with E-state index in [0.29, 0.717) is 19.6 Å². The van der Waals surface area contributed by atoms with Crippen LogP contribution in [-0.4, -0.2) is 24.7 Å². The molecule has 0 heterocycles. The van der Waals surface area contributed by atoms with Crippen LogP contribution in [-0.2, 0) is 9.53 Å². The molecule has 0 aliphatic carbocycles. The molecule has 0 saturated carbocycles. The number of nitrogens with one attached hydrogen (secondary N) is 1. The maximum Gasteiger partial charge on any atom is 0.256 e. The summed E-state index contributed by atoms with van der Waals surface area (Å²) in [7, 11) is 0. The molecule has 0 aliphatic heterocycles. The molecule has 130 valence electrons. The molecule has 0 spiro atoms. The number of rotatable bonds is 10. The second kappa shape index (κ2) is 9.56. The molecule has 0 saturated heterocycles. The number of carbonyl (C=O) groups is 1. The molecular formula is C19H31NO3. The first-order valence-corrected chi connectivity index (χ1v) is 8.65. The van der Waals surface area contributed by atoms with Gasteiger partial charge in [0.2, 0.25) is 0 Å². The molecule has 0 bridgehead atoms. The summed E-state index contributed by atoms with van der Waals surface area (Å²) in [5, 5.41) is 2.98. The molecule has 1 amide bonds. The van der Waals surface area contributed by atoms with Gasteiger partial charge >= 0.3 is 0 Å². The number of aryl methyl sites for hydroxylation is 1. The lowest BCUT2D eigenvalue weighted by Gasteiger charge is -2.28. The zero-order valence-corrected chi connectivity index (χ0v) is 15.2. The maximum atomic E-state index is 12.6. The number of anilines is 1. The zero-order chi connectivity index (χ0) is 17.3. The molecule has 23 heavy (non-hydrogen) atoms. The lowest BCUT2D eigenvalue weighted by Crippen LogP contribution is -2.43. The minimum absolute atomic E-state index is 0.0885. The maximum absolute atomic E-state index is 12.6. The number of hydrogen-bond donors (Lipinski definition) is 1. The Hall–Kier alpha value is -1.55. The average Bonchev–Trinajstić information content (AvgIpc) is 2.52. The van der Waals surface area contributed by atoms with Gasteiger partial charge in [-0.3, -0.25) is 4.79 Å². The van der Waals surface area contributed by atoms with E-state index in [0.717, 1.165) is 36.3 Å². The molecule has 1 unspecified atom stereocenters. The van der Waals surface area contributed by atoms with Crippen LogP contribution in [0, 0.1) is 6.92 Å². The Balaban J connectivity index is 2.79. The van der Waals surface area contributed by atoms with Gasteiger partial charge in [0, 0.05) is 12.3 Å². The molecule has 1 aromatic carbocycles. The number of carbonyl (C=O) groups excluding carboxylic acids is 1. The Morgan fingerprint density at radius 2 is 1.83 bits per heavy atom. The van der Waals surface area contributed by atoms with E-state index in [1.807, 2.05) is 39.0 Å². The molecule has 4 heteroatoms. The largest absolute Gasteiger partial charge is 0.493 e. The Kier molecular flexibility index (Phi) is 8.10. The fraction of sp³-hybridized carbons (Fsp3) is 0.632. The summed E-state index contributed by atoms with van der Waals surface area (Å²) in [6.45, 7) is 11.3. The van der Waals surface area contributed by atoms with Crippen molar-refractivity contribution in [3.63, 3.8) is 0 Å². The van der Waals surface area contributed by atoms with Crippen LogP contribution in [0.4, 0.5) is 5.69 Å². The monoisotopic (exact) mass is 321 g/mol. The molecule has 0 aliphatic rings. The highest BCUT2D eigenvalue weighted by molar-refractivity contribution is 5.97. The molecule has 1 N–H and O–H groups in total. The summed E-state index contributed by atoms with van der Waals surface area (Å²) < 4.78 is 11.5. The third kappa shape index (κ3) is 5.87. The Morgan fingerprint density at radius 3 is 2.39 bits per heavy atom. The van der Waals surface area contributed by atoms with Crippen molar-refractivity contribution in [1.29, 1.82) is 0 Å². The normalized spacial score (nSPS) is 13.4. The van der Waals surface area contributed by atoms with Crippen molar-refractivity contribution in [2.24, 2.45) is 0 Å². The summed E-state index contributed by atoms with van der Waals surface area (Å²) in [5.74, 6) is 0.776. The summed E-state index contributed by atoms with van der Waals surface area (Å²) in [5.41, 5.74) is 1.01. The van der Waals surface area contributed by atoms with E-state index < -0.39 is 5.60 Å². The highest BCUT2D eigenvalue weighted by atomic mass is 16.5. The van der Waals surface area contributed by atoms with Gasteiger partial charge in [0.1, 0.15) is 11.4 Å². The van der Waals surface area contributed by atoms with Gasteiger partial charge in [0.15, 0.2) is 0 Å². The average molecular weight is 321 g/mol. The predicted octanol–water partition coefficient (Wildman–Crippen LogP) is 4.71. The number of hydrogen-bond acceptors (Lipinski definition) is 3. The molecule has 0 aromatic heterocycles. The van der Waals surface area contributed by atoms with E-state index >= 15 is 0 Å². The van der Waals surface area contributed by atoms with Gasteiger partial charge in [-0.05, 0) is 56.9 Å². The predicted molar refractivity (Wildman–Crippen MR) is 95.2 cm³/mol. The fourth-order valence-corrected chi connectivity index (χ4v) is 2.42. The van der Waals surface area contributed by atoms with Crippen molar-refractivity contribution < 1.29 is 14.3 Å². The second-order valence-corrected chi connectivity index (χ2v) is 6.11. The first-order valence-electron chi connectivity index (χ1n) is 8.65. The number of amides is 1.